The molecule has 2 rings (SSSR count). The normalized spacial score (nSPS) is 10.4. The van der Waals surface area contributed by atoms with Crippen molar-refractivity contribution in [2.45, 2.75) is 27.3 Å². The molecule has 0 radical (unpaired) electrons. The second-order valence-electron chi connectivity index (χ2n) is 4.51. The third-order valence-electron chi connectivity index (χ3n) is 3.09. The topological polar surface area (TPSA) is 42.2 Å². The van der Waals surface area contributed by atoms with Crippen molar-refractivity contribution in [1.82, 2.24) is 5.32 Å². The minimum atomic E-state index is -0.0630. The van der Waals surface area contributed by atoms with Crippen molar-refractivity contribution < 1.29 is 9.21 Å². The predicted octanol–water partition coefficient (Wildman–Crippen LogP) is 3.13. The summed E-state index contributed by atoms with van der Waals surface area (Å²) < 4.78 is 5.18. The third-order valence-corrected chi connectivity index (χ3v) is 3.09. The van der Waals surface area contributed by atoms with E-state index in [0.717, 1.165) is 22.5 Å². The Labute approximate surface area is 107 Å². The molecule has 0 aliphatic carbocycles. The molecule has 94 valence electrons. The van der Waals surface area contributed by atoms with Crippen molar-refractivity contribution in [3.63, 3.8) is 0 Å². The van der Waals surface area contributed by atoms with E-state index in [1.807, 2.05) is 45.0 Å². The van der Waals surface area contributed by atoms with Gasteiger partial charge in [-0.1, -0.05) is 6.07 Å². The maximum absolute atomic E-state index is 12.1. The monoisotopic (exact) mass is 243 g/mol. The zero-order valence-electron chi connectivity index (χ0n) is 10.9. The molecule has 1 heterocycles. The van der Waals surface area contributed by atoms with E-state index in [2.05, 4.69) is 5.32 Å². The number of benzene rings is 1. The molecule has 3 nitrogen and oxygen atoms in total. The highest BCUT2D eigenvalue weighted by Gasteiger charge is 2.10. The Morgan fingerprint density at radius 3 is 2.56 bits per heavy atom. The van der Waals surface area contributed by atoms with E-state index >= 15 is 0 Å². The Hall–Kier alpha value is -2.03. The van der Waals surface area contributed by atoms with Crippen molar-refractivity contribution in [2.75, 3.05) is 0 Å². The van der Waals surface area contributed by atoms with Crippen molar-refractivity contribution in [3.8, 4) is 0 Å². The van der Waals surface area contributed by atoms with E-state index in [-0.39, 0.29) is 5.91 Å². The number of carbonyl (C=O) groups excluding carboxylic acids is 1. The smallest absolute Gasteiger partial charge is 0.251 e. The molecule has 0 bridgehead atoms. The van der Waals surface area contributed by atoms with Gasteiger partial charge in [0, 0.05) is 5.56 Å². The first-order chi connectivity index (χ1) is 8.58. The Morgan fingerprint density at radius 2 is 1.89 bits per heavy atom. The van der Waals surface area contributed by atoms with E-state index in [9.17, 15) is 4.79 Å². The number of hydrogen-bond acceptors (Lipinski definition) is 2. The molecule has 0 aliphatic rings. The fourth-order valence-corrected chi connectivity index (χ4v) is 1.88. The number of hydrogen-bond donors (Lipinski definition) is 1. The van der Waals surface area contributed by atoms with Gasteiger partial charge in [-0.2, -0.15) is 0 Å². The Bertz CT molecular complexity index is 556. The van der Waals surface area contributed by atoms with Gasteiger partial charge in [0.05, 0.1) is 12.8 Å². The molecule has 1 N–H and O–H groups in total. The molecule has 0 spiro atoms. The van der Waals surface area contributed by atoms with Crippen LogP contribution in [0.1, 0.15) is 32.8 Å². The average Bonchev–Trinajstić information content (AvgIpc) is 2.84. The Kier molecular flexibility index (Phi) is 3.51. The van der Waals surface area contributed by atoms with Crippen LogP contribution in [0.4, 0.5) is 0 Å². The minimum Gasteiger partial charge on any atom is -0.467 e. The summed E-state index contributed by atoms with van der Waals surface area (Å²) in [5.41, 5.74) is 4.05. The van der Waals surface area contributed by atoms with Crippen molar-refractivity contribution in [2.24, 2.45) is 0 Å². The van der Waals surface area contributed by atoms with E-state index in [0.29, 0.717) is 6.54 Å². The summed E-state index contributed by atoms with van der Waals surface area (Å²) in [6.07, 6.45) is 1.60. The predicted molar refractivity (Wildman–Crippen MR) is 70.5 cm³/mol. The van der Waals surface area contributed by atoms with Crippen LogP contribution in [-0.2, 0) is 6.54 Å². The van der Waals surface area contributed by atoms with Crippen molar-refractivity contribution in [1.29, 1.82) is 0 Å². The molecule has 1 aromatic carbocycles. The lowest BCUT2D eigenvalue weighted by Crippen LogP contribution is -2.23. The number of nitrogens with one attached hydrogen (secondary N) is 1. The molecule has 0 unspecified atom stereocenters. The van der Waals surface area contributed by atoms with Crippen molar-refractivity contribution >= 4 is 5.91 Å². The van der Waals surface area contributed by atoms with Crippen LogP contribution in [0, 0.1) is 20.8 Å². The summed E-state index contributed by atoms with van der Waals surface area (Å²) in [6.45, 7) is 6.43. The van der Waals surface area contributed by atoms with Crippen LogP contribution >= 0.6 is 0 Å². The number of amides is 1. The second kappa shape index (κ2) is 5.08. The standard InChI is InChI=1S/C15H17NO2/c1-10-7-12(3)14(8-11(10)2)15(17)16-9-13-5-4-6-18-13/h4-8H,9H2,1-3H3,(H,16,17). The first-order valence-corrected chi connectivity index (χ1v) is 5.96. The van der Waals surface area contributed by atoms with Gasteiger partial charge in [0.1, 0.15) is 5.76 Å². The summed E-state index contributed by atoms with van der Waals surface area (Å²) in [5, 5.41) is 2.86. The van der Waals surface area contributed by atoms with Crippen LogP contribution < -0.4 is 5.32 Å². The molecule has 1 aromatic heterocycles. The van der Waals surface area contributed by atoms with Crippen LogP contribution in [0.3, 0.4) is 0 Å². The second-order valence-corrected chi connectivity index (χ2v) is 4.51. The van der Waals surface area contributed by atoms with Crippen LogP contribution in [0.25, 0.3) is 0 Å². The first kappa shape index (κ1) is 12.4. The molecule has 1 amide bonds. The van der Waals surface area contributed by atoms with Crippen LogP contribution in [0.5, 0.6) is 0 Å². The lowest BCUT2D eigenvalue weighted by atomic mass is 10.0. The number of carbonyl (C=O) groups is 1. The molecule has 0 saturated carbocycles. The van der Waals surface area contributed by atoms with Crippen LogP contribution in [0.2, 0.25) is 0 Å². The van der Waals surface area contributed by atoms with E-state index in [4.69, 9.17) is 4.42 Å². The Morgan fingerprint density at radius 1 is 1.17 bits per heavy atom. The van der Waals surface area contributed by atoms with Gasteiger partial charge in [-0.15, -0.1) is 0 Å². The number of furan rings is 1. The van der Waals surface area contributed by atoms with E-state index < -0.39 is 0 Å². The lowest BCUT2D eigenvalue weighted by molar-refractivity contribution is 0.0947. The van der Waals surface area contributed by atoms with Gasteiger partial charge in [0.2, 0.25) is 0 Å². The average molecular weight is 243 g/mol. The molecule has 0 fully saturated rings. The van der Waals surface area contributed by atoms with Gasteiger partial charge in [-0.25, -0.2) is 0 Å². The maximum atomic E-state index is 12.1. The summed E-state index contributed by atoms with van der Waals surface area (Å²) >= 11 is 0. The number of aryl methyl sites for hydroxylation is 3. The molecule has 2 aromatic rings. The zero-order valence-corrected chi connectivity index (χ0v) is 10.9. The largest absolute Gasteiger partial charge is 0.467 e. The number of rotatable bonds is 3. The van der Waals surface area contributed by atoms with Gasteiger partial charge < -0.3 is 9.73 Å². The Balaban J connectivity index is 2.11. The molecular formula is C15H17NO2. The first-order valence-electron chi connectivity index (χ1n) is 5.96. The fourth-order valence-electron chi connectivity index (χ4n) is 1.88. The van der Waals surface area contributed by atoms with Gasteiger partial charge in [0.25, 0.3) is 5.91 Å². The quantitative estimate of drug-likeness (QED) is 0.899. The summed E-state index contributed by atoms with van der Waals surface area (Å²) in [5.74, 6) is 0.692. The van der Waals surface area contributed by atoms with E-state index in [1.54, 1.807) is 6.26 Å². The van der Waals surface area contributed by atoms with Gasteiger partial charge >= 0.3 is 0 Å². The summed E-state index contributed by atoms with van der Waals surface area (Å²) in [6, 6.07) is 7.62. The molecular weight excluding hydrogens is 226 g/mol. The van der Waals surface area contributed by atoms with Crippen LogP contribution in [-0.4, -0.2) is 5.91 Å². The van der Waals surface area contributed by atoms with Crippen LogP contribution in [0.15, 0.2) is 34.9 Å². The highest BCUT2D eigenvalue weighted by molar-refractivity contribution is 5.95. The molecule has 0 aliphatic heterocycles. The minimum absolute atomic E-state index is 0.0630. The SMILES string of the molecule is Cc1cc(C)c(C(=O)NCc2ccco2)cc1C. The molecule has 0 saturated heterocycles. The fraction of sp³-hybridized carbons (Fsp3) is 0.267. The molecule has 0 atom stereocenters. The molecule has 18 heavy (non-hydrogen) atoms. The molecule has 3 heteroatoms. The highest BCUT2D eigenvalue weighted by Crippen LogP contribution is 2.15. The summed E-state index contributed by atoms with van der Waals surface area (Å²) in [4.78, 5) is 12.1. The maximum Gasteiger partial charge on any atom is 0.251 e. The zero-order chi connectivity index (χ0) is 13.1. The summed E-state index contributed by atoms with van der Waals surface area (Å²) in [7, 11) is 0. The van der Waals surface area contributed by atoms with Gasteiger partial charge in [0.15, 0.2) is 0 Å². The van der Waals surface area contributed by atoms with Gasteiger partial charge in [-0.05, 0) is 55.7 Å². The third kappa shape index (κ3) is 2.62. The van der Waals surface area contributed by atoms with Crippen molar-refractivity contribution in [3.05, 3.63) is 58.5 Å². The van der Waals surface area contributed by atoms with Gasteiger partial charge in [-0.3, -0.25) is 4.79 Å². The van der Waals surface area contributed by atoms with E-state index in [1.165, 1.54) is 5.56 Å². The lowest BCUT2D eigenvalue weighted by Gasteiger charge is -2.09. The highest BCUT2D eigenvalue weighted by atomic mass is 16.3.